The van der Waals surface area contributed by atoms with Gasteiger partial charge in [0, 0.05) is 39.5 Å². The van der Waals surface area contributed by atoms with Crippen LogP contribution in [0.25, 0.3) is 0 Å². The Morgan fingerprint density at radius 3 is 2.72 bits per heavy atom. The van der Waals surface area contributed by atoms with Gasteiger partial charge < -0.3 is 29.7 Å². The quantitative estimate of drug-likeness (QED) is 0.397. The lowest BCUT2D eigenvalue weighted by Crippen LogP contribution is -2.49. The number of esters is 1. The Kier molecular flexibility index (Phi) is 11.2. The summed E-state index contributed by atoms with van der Waals surface area (Å²) >= 11 is 0. The van der Waals surface area contributed by atoms with Gasteiger partial charge in [0.2, 0.25) is 5.91 Å². The number of carbonyl (C=O) groups excluding carboxylic acids is 4. The molecule has 2 N–H and O–H groups in total. The Morgan fingerprint density at radius 2 is 1.97 bits per heavy atom. The van der Waals surface area contributed by atoms with E-state index in [1.807, 2.05) is 6.07 Å². The summed E-state index contributed by atoms with van der Waals surface area (Å²) in [7, 11) is 1.59. The number of rotatable bonds is 7. The fourth-order valence-electron chi connectivity index (χ4n) is 4.39. The number of ether oxygens (including phenoxy) is 3. The topological polar surface area (TPSA) is 136 Å². The first-order valence-electron chi connectivity index (χ1n) is 13.0. The van der Waals surface area contributed by atoms with Crippen LogP contribution in [0.5, 0.6) is 5.75 Å². The highest BCUT2D eigenvalue weighted by molar-refractivity contribution is 5.95. The van der Waals surface area contributed by atoms with Gasteiger partial charge in [-0.1, -0.05) is 18.2 Å². The van der Waals surface area contributed by atoms with E-state index >= 15 is 0 Å². The van der Waals surface area contributed by atoms with E-state index in [2.05, 4.69) is 15.6 Å². The predicted octanol–water partition coefficient (Wildman–Crippen LogP) is 1.37. The first-order valence-corrected chi connectivity index (χ1v) is 13.0. The molecule has 1 aliphatic rings. The van der Waals surface area contributed by atoms with Crippen LogP contribution in [0.4, 0.5) is 0 Å². The number of fused-ring (bicyclic) bond motifs is 2. The number of amides is 3. The highest BCUT2D eigenvalue weighted by Crippen LogP contribution is 2.32. The van der Waals surface area contributed by atoms with Crippen LogP contribution < -0.4 is 15.4 Å². The highest BCUT2D eigenvalue weighted by Gasteiger charge is 2.40. The molecule has 2 aromatic rings. The van der Waals surface area contributed by atoms with Crippen LogP contribution >= 0.6 is 0 Å². The van der Waals surface area contributed by atoms with E-state index in [-0.39, 0.29) is 57.4 Å². The van der Waals surface area contributed by atoms with E-state index in [4.69, 9.17) is 14.2 Å². The molecule has 2 bridgehead atoms. The Labute approximate surface area is 228 Å². The van der Waals surface area contributed by atoms with Gasteiger partial charge in [0.25, 0.3) is 11.8 Å². The Morgan fingerprint density at radius 1 is 1.13 bits per heavy atom. The van der Waals surface area contributed by atoms with Gasteiger partial charge in [0.15, 0.2) is 6.61 Å². The van der Waals surface area contributed by atoms with Gasteiger partial charge in [-0.3, -0.25) is 24.2 Å². The summed E-state index contributed by atoms with van der Waals surface area (Å²) in [5.41, 5.74) is -0.132. The van der Waals surface area contributed by atoms with Gasteiger partial charge in [-0.25, -0.2) is 0 Å². The fourth-order valence-corrected chi connectivity index (χ4v) is 4.39. The number of hydrogen-bond donors (Lipinski definition) is 2. The zero-order valence-electron chi connectivity index (χ0n) is 22.4. The highest BCUT2D eigenvalue weighted by atomic mass is 16.5. The number of hydrogen-bond acceptors (Lipinski definition) is 8. The summed E-state index contributed by atoms with van der Waals surface area (Å²) in [6.07, 6.45) is 2.71. The van der Waals surface area contributed by atoms with Crippen molar-refractivity contribution in [2.24, 2.45) is 5.41 Å². The smallest absolute Gasteiger partial charge is 0.314 e. The summed E-state index contributed by atoms with van der Waals surface area (Å²) in [4.78, 5) is 57.5. The number of carbonyl (C=O) groups is 4. The maximum Gasteiger partial charge on any atom is 0.314 e. The molecule has 1 aromatic heterocycles. The molecule has 0 fully saturated rings. The lowest BCUT2D eigenvalue weighted by atomic mass is 9.77. The molecule has 1 aliphatic heterocycles. The molecule has 0 aliphatic carbocycles. The van der Waals surface area contributed by atoms with E-state index in [1.165, 1.54) is 11.1 Å². The molecule has 0 saturated carbocycles. The molecule has 210 valence electrons. The largest absolute Gasteiger partial charge is 0.484 e. The lowest BCUT2D eigenvalue weighted by Gasteiger charge is -2.32. The molecular weight excluding hydrogens is 504 g/mol. The summed E-state index contributed by atoms with van der Waals surface area (Å²) in [6, 6.07) is 12.1. The van der Waals surface area contributed by atoms with Crippen LogP contribution in [0.1, 0.15) is 35.8 Å². The number of pyridine rings is 1. The molecule has 1 aromatic carbocycles. The minimum atomic E-state index is -1.09. The second-order valence-electron chi connectivity index (χ2n) is 9.28. The fraction of sp³-hybridized carbons (Fsp3) is 0.464. The Bertz CT molecular complexity index is 1130. The first kappa shape index (κ1) is 29.6. The maximum atomic E-state index is 13.4. The Hall–Kier alpha value is -3.99. The van der Waals surface area contributed by atoms with Crippen LogP contribution in [0.2, 0.25) is 0 Å². The van der Waals surface area contributed by atoms with E-state index in [0.29, 0.717) is 25.2 Å². The maximum absolute atomic E-state index is 13.4. The molecule has 1 atom stereocenters. The summed E-state index contributed by atoms with van der Waals surface area (Å²) in [5, 5.41) is 5.57. The Balaban J connectivity index is 1.93. The second kappa shape index (κ2) is 14.8. The third-order valence-electron chi connectivity index (χ3n) is 6.36. The van der Waals surface area contributed by atoms with Gasteiger partial charge in [-0.05, 0) is 56.0 Å². The number of aromatic nitrogens is 1. The summed E-state index contributed by atoms with van der Waals surface area (Å²) in [5.74, 6) is -1.24. The van der Waals surface area contributed by atoms with E-state index in [1.54, 1.807) is 50.4 Å². The van der Waals surface area contributed by atoms with Crippen LogP contribution in [-0.4, -0.2) is 86.7 Å². The van der Waals surface area contributed by atoms with Crippen LogP contribution in [0.3, 0.4) is 0 Å². The van der Waals surface area contributed by atoms with Crippen molar-refractivity contribution < 1.29 is 33.4 Å². The SMILES string of the molecule is CCOC(=O)C1(CCCOC)CNC(=O)CN(C(=O)c2ccccn2)CCNC(=O)COc2cccc(c2)C1. The monoisotopic (exact) mass is 540 g/mol. The van der Waals surface area contributed by atoms with Crippen molar-refractivity contribution in [2.45, 2.75) is 26.2 Å². The summed E-state index contributed by atoms with van der Waals surface area (Å²) < 4.78 is 16.4. The van der Waals surface area contributed by atoms with Crippen LogP contribution in [0, 0.1) is 5.41 Å². The van der Waals surface area contributed by atoms with Gasteiger partial charge >= 0.3 is 5.97 Å². The molecule has 39 heavy (non-hydrogen) atoms. The average Bonchev–Trinajstić information content (AvgIpc) is 2.94. The van der Waals surface area contributed by atoms with Crippen LogP contribution in [-0.2, 0) is 30.3 Å². The van der Waals surface area contributed by atoms with Gasteiger partial charge in [-0.2, -0.15) is 0 Å². The first-order chi connectivity index (χ1) is 18.9. The third-order valence-corrected chi connectivity index (χ3v) is 6.36. The van der Waals surface area contributed by atoms with Crippen molar-refractivity contribution in [3.63, 3.8) is 0 Å². The normalized spacial score (nSPS) is 18.9. The van der Waals surface area contributed by atoms with E-state index < -0.39 is 23.2 Å². The lowest BCUT2D eigenvalue weighted by molar-refractivity contribution is -0.156. The molecule has 0 saturated heterocycles. The minimum Gasteiger partial charge on any atom is -0.484 e. The number of methoxy groups -OCH3 is 1. The predicted molar refractivity (Wildman–Crippen MR) is 142 cm³/mol. The molecule has 11 nitrogen and oxygen atoms in total. The average molecular weight is 541 g/mol. The van der Waals surface area contributed by atoms with Crippen molar-refractivity contribution in [1.29, 1.82) is 0 Å². The molecule has 3 amide bonds. The number of nitrogens with one attached hydrogen (secondary N) is 2. The third kappa shape index (κ3) is 8.78. The van der Waals surface area contributed by atoms with Gasteiger partial charge in [0.05, 0.1) is 18.6 Å². The van der Waals surface area contributed by atoms with Crippen molar-refractivity contribution in [3.05, 3.63) is 59.9 Å². The zero-order chi connectivity index (χ0) is 28.1. The summed E-state index contributed by atoms with van der Waals surface area (Å²) in [6.45, 7) is 2.02. The van der Waals surface area contributed by atoms with Crippen LogP contribution in [0.15, 0.2) is 48.7 Å². The molecule has 3 rings (SSSR count). The second-order valence-corrected chi connectivity index (χ2v) is 9.28. The number of nitrogens with zero attached hydrogens (tertiary/aromatic N) is 2. The molecule has 2 heterocycles. The minimum absolute atomic E-state index is 0.00180. The molecule has 0 radical (unpaired) electrons. The molecule has 1 unspecified atom stereocenters. The van der Waals surface area contributed by atoms with E-state index in [9.17, 15) is 19.2 Å². The van der Waals surface area contributed by atoms with Crippen molar-refractivity contribution in [2.75, 3.05) is 53.1 Å². The van der Waals surface area contributed by atoms with Gasteiger partial charge in [0.1, 0.15) is 11.4 Å². The van der Waals surface area contributed by atoms with Gasteiger partial charge in [-0.15, -0.1) is 0 Å². The van der Waals surface area contributed by atoms with E-state index in [0.717, 1.165) is 5.56 Å². The van der Waals surface area contributed by atoms with Crippen molar-refractivity contribution >= 4 is 23.7 Å². The van der Waals surface area contributed by atoms with Crippen molar-refractivity contribution in [1.82, 2.24) is 20.5 Å². The van der Waals surface area contributed by atoms with Crippen molar-refractivity contribution in [3.8, 4) is 5.75 Å². The molecule has 11 heteroatoms. The number of benzene rings is 1. The standard InChI is InChI=1S/C28H36N4O7/c1-3-38-27(36)28(11-7-15-37-2)17-21-8-6-9-22(16-21)39-19-25(34)30-13-14-32(18-24(33)31-20-28)26(35)23-10-4-5-12-29-23/h4-6,8-10,12,16H,3,7,11,13-15,17-20H2,1-2H3,(H,30,34)(H,31,33). The molecular formula is C28H36N4O7. The molecule has 0 spiro atoms. The zero-order valence-corrected chi connectivity index (χ0v) is 22.4.